The fraction of sp³-hybridized carbons (Fsp3) is 0.190. The average molecular weight is 409 g/mol. The summed E-state index contributed by atoms with van der Waals surface area (Å²) in [7, 11) is 3.28. The predicted octanol–water partition coefficient (Wildman–Crippen LogP) is 3.73. The van der Waals surface area contributed by atoms with E-state index in [0.717, 1.165) is 16.1 Å². The number of hydrogen-bond donors (Lipinski definition) is 1. The molecule has 8 heteroatoms. The Hall–Kier alpha value is -3.39. The Bertz CT molecular complexity index is 1110. The van der Waals surface area contributed by atoms with Gasteiger partial charge in [0.2, 0.25) is 0 Å². The lowest BCUT2D eigenvalue weighted by atomic mass is 10.1. The number of carbonyl (C=O) groups excluding carboxylic acids is 2. The SMILES string of the molecule is COc1cccc(C(=O)Nc2nc(-c3ccc4c(c3)N(C)C(=O)CO4)c(C)s2)c1. The van der Waals surface area contributed by atoms with Gasteiger partial charge < -0.3 is 14.4 Å². The first-order chi connectivity index (χ1) is 14.0. The number of rotatable bonds is 4. The third kappa shape index (κ3) is 3.66. The van der Waals surface area contributed by atoms with Crippen LogP contribution in [0.15, 0.2) is 42.5 Å². The van der Waals surface area contributed by atoms with Crippen LogP contribution in [0.3, 0.4) is 0 Å². The number of ether oxygens (including phenoxy) is 2. The molecule has 7 nitrogen and oxygen atoms in total. The molecule has 2 aromatic carbocycles. The van der Waals surface area contributed by atoms with E-state index in [1.54, 1.807) is 43.3 Å². The van der Waals surface area contributed by atoms with Crippen LogP contribution in [0.1, 0.15) is 15.2 Å². The van der Waals surface area contributed by atoms with Crippen molar-refractivity contribution in [2.75, 3.05) is 31.0 Å². The number of carbonyl (C=O) groups is 2. The largest absolute Gasteiger partial charge is 0.497 e. The van der Waals surface area contributed by atoms with Gasteiger partial charge in [0.15, 0.2) is 11.7 Å². The molecule has 29 heavy (non-hydrogen) atoms. The van der Waals surface area contributed by atoms with Crippen molar-refractivity contribution in [3.05, 3.63) is 52.9 Å². The number of amides is 2. The van der Waals surface area contributed by atoms with Crippen LogP contribution in [0, 0.1) is 6.92 Å². The van der Waals surface area contributed by atoms with Crippen LogP contribution in [0.4, 0.5) is 10.8 Å². The van der Waals surface area contributed by atoms with E-state index in [-0.39, 0.29) is 18.4 Å². The van der Waals surface area contributed by atoms with Gasteiger partial charge in [0.05, 0.1) is 18.5 Å². The molecule has 2 amide bonds. The number of methoxy groups -OCH3 is 1. The number of anilines is 2. The summed E-state index contributed by atoms with van der Waals surface area (Å²) >= 11 is 1.39. The lowest BCUT2D eigenvalue weighted by Gasteiger charge is -2.26. The van der Waals surface area contributed by atoms with E-state index >= 15 is 0 Å². The molecule has 0 unspecified atom stereocenters. The molecular weight excluding hydrogens is 390 g/mol. The molecule has 0 aliphatic carbocycles. The molecule has 1 aromatic heterocycles. The highest BCUT2D eigenvalue weighted by Gasteiger charge is 2.23. The average Bonchev–Trinajstić information content (AvgIpc) is 3.10. The van der Waals surface area contributed by atoms with E-state index in [1.165, 1.54) is 11.3 Å². The summed E-state index contributed by atoms with van der Waals surface area (Å²) in [6.07, 6.45) is 0. The fourth-order valence-electron chi connectivity index (χ4n) is 3.07. The van der Waals surface area contributed by atoms with Crippen molar-refractivity contribution >= 4 is 34.0 Å². The molecule has 1 N–H and O–H groups in total. The summed E-state index contributed by atoms with van der Waals surface area (Å²) in [6.45, 7) is 1.98. The minimum absolute atomic E-state index is 0.0407. The van der Waals surface area contributed by atoms with E-state index in [2.05, 4.69) is 10.3 Å². The monoisotopic (exact) mass is 409 g/mol. The molecule has 0 bridgehead atoms. The second-order valence-electron chi connectivity index (χ2n) is 6.53. The fourth-order valence-corrected chi connectivity index (χ4v) is 3.90. The first kappa shape index (κ1) is 18.9. The van der Waals surface area contributed by atoms with E-state index in [4.69, 9.17) is 9.47 Å². The second-order valence-corrected chi connectivity index (χ2v) is 7.74. The highest BCUT2D eigenvalue weighted by atomic mass is 32.1. The van der Waals surface area contributed by atoms with E-state index < -0.39 is 0 Å². The summed E-state index contributed by atoms with van der Waals surface area (Å²) < 4.78 is 10.6. The highest BCUT2D eigenvalue weighted by Crippen LogP contribution is 2.37. The number of aromatic nitrogens is 1. The number of fused-ring (bicyclic) bond motifs is 1. The van der Waals surface area contributed by atoms with Crippen LogP contribution < -0.4 is 19.7 Å². The molecule has 0 spiro atoms. The Balaban J connectivity index is 1.60. The van der Waals surface area contributed by atoms with Crippen molar-refractivity contribution in [2.45, 2.75) is 6.92 Å². The number of benzene rings is 2. The topological polar surface area (TPSA) is 80.8 Å². The molecule has 0 saturated carbocycles. The van der Waals surface area contributed by atoms with Crippen molar-refractivity contribution in [2.24, 2.45) is 0 Å². The molecular formula is C21H19N3O4S. The van der Waals surface area contributed by atoms with Crippen LogP contribution in [-0.2, 0) is 4.79 Å². The van der Waals surface area contributed by atoms with Crippen LogP contribution in [-0.4, -0.2) is 37.6 Å². The third-order valence-corrected chi connectivity index (χ3v) is 5.55. The molecule has 0 radical (unpaired) electrons. The minimum Gasteiger partial charge on any atom is -0.497 e. The number of aryl methyl sites for hydroxylation is 1. The zero-order valence-corrected chi connectivity index (χ0v) is 17.0. The van der Waals surface area contributed by atoms with Crippen LogP contribution in [0.5, 0.6) is 11.5 Å². The van der Waals surface area contributed by atoms with E-state index in [1.807, 2.05) is 25.1 Å². The normalized spacial score (nSPS) is 12.9. The first-order valence-electron chi connectivity index (χ1n) is 8.93. The first-order valence-corrected chi connectivity index (χ1v) is 9.74. The van der Waals surface area contributed by atoms with Crippen LogP contribution >= 0.6 is 11.3 Å². The summed E-state index contributed by atoms with van der Waals surface area (Å²) in [5.74, 6) is 0.920. The van der Waals surface area contributed by atoms with Gasteiger partial charge in [0.1, 0.15) is 11.5 Å². The van der Waals surface area contributed by atoms with Gasteiger partial charge in [-0.05, 0) is 43.3 Å². The lowest BCUT2D eigenvalue weighted by molar-refractivity contribution is -0.120. The van der Waals surface area contributed by atoms with Gasteiger partial charge in [0.25, 0.3) is 11.8 Å². The van der Waals surface area contributed by atoms with Crippen LogP contribution in [0.25, 0.3) is 11.3 Å². The van der Waals surface area contributed by atoms with Gasteiger partial charge in [-0.3, -0.25) is 14.9 Å². The molecule has 0 atom stereocenters. The lowest BCUT2D eigenvalue weighted by Crippen LogP contribution is -2.35. The number of likely N-dealkylation sites (N-methyl/N-ethyl adjacent to an activating group) is 1. The maximum absolute atomic E-state index is 12.5. The van der Waals surface area contributed by atoms with Gasteiger partial charge in [-0.2, -0.15) is 0 Å². The molecule has 4 rings (SSSR count). The molecule has 1 aliphatic heterocycles. The van der Waals surface area contributed by atoms with E-state index in [0.29, 0.717) is 27.9 Å². The van der Waals surface area contributed by atoms with Crippen molar-refractivity contribution in [1.29, 1.82) is 0 Å². The summed E-state index contributed by atoms with van der Waals surface area (Å²) in [5, 5.41) is 3.35. The Labute approximate surface area is 171 Å². The van der Waals surface area contributed by atoms with Gasteiger partial charge in [-0.25, -0.2) is 4.98 Å². The summed E-state index contributed by atoms with van der Waals surface area (Å²) in [4.78, 5) is 31.6. The Morgan fingerprint density at radius 1 is 1.28 bits per heavy atom. The maximum Gasteiger partial charge on any atom is 0.264 e. The van der Waals surface area contributed by atoms with Crippen molar-refractivity contribution in [3.8, 4) is 22.8 Å². The maximum atomic E-state index is 12.5. The molecule has 0 fully saturated rings. The third-order valence-electron chi connectivity index (χ3n) is 4.67. The minimum atomic E-state index is -0.256. The van der Waals surface area contributed by atoms with Gasteiger partial charge in [-0.15, -0.1) is 11.3 Å². The van der Waals surface area contributed by atoms with Crippen molar-refractivity contribution in [1.82, 2.24) is 4.98 Å². The number of thiazole rings is 1. The van der Waals surface area contributed by atoms with Gasteiger partial charge in [-0.1, -0.05) is 6.07 Å². The van der Waals surface area contributed by atoms with Crippen molar-refractivity contribution in [3.63, 3.8) is 0 Å². The number of hydrogen-bond acceptors (Lipinski definition) is 6. The van der Waals surface area contributed by atoms with E-state index in [9.17, 15) is 9.59 Å². The quantitative estimate of drug-likeness (QED) is 0.710. The Morgan fingerprint density at radius 2 is 2.10 bits per heavy atom. The number of nitrogens with one attached hydrogen (secondary N) is 1. The molecule has 1 aliphatic rings. The zero-order valence-electron chi connectivity index (χ0n) is 16.2. The summed E-state index contributed by atoms with van der Waals surface area (Å²) in [6, 6.07) is 12.5. The molecule has 3 aromatic rings. The Morgan fingerprint density at radius 3 is 2.90 bits per heavy atom. The second kappa shape index (κ2) is 7.56. The smallest absolute Gasteiger partial charge is 0.264 e. The molecule has 0 saturated heterocycles. The predicted molar refractivity (Wildman–Crippen MR) is 112 cm³/mol. The van der Waals surface area contributed by atoms with Crippen LogP contribution in [0.2, 0.25) is 0 Å². The van der Waals surface area contributed by atoms with Gasteiger partial charge in [0, 0.05) is 23.1 Å². The molecule has 148 valence electrons. The standard InChI is InChI=1S/C21H19N3O4S/c1-12-19(13-7-8-17-16(10-13)24(2)18(25)11-28-17)22-21(29-12)23-20(26)14-5-4-6-15(9-14)27-3/h4-10H,11H2,1-3H3,(H,22,23,26). The Kier molecular flexibility index (Phi) is 4.94. The number of nitrogens with zero attached hydrogens (tertiary/aromatic N) is 2. The van der Waals surface area contributed by atoms with Crippen molar-refractivity contribution < 1.29 is 19.1 Å². The molecule has 2 heterocycles. The highest BCUT2D eigenvalue weighted by molar-refractivity contribution is 7.16. The van der Waals surface area contributed by atoms with Gasteiger partial charge >= 0.3 is 0 Å². The summed E-state index contributed by atoms with van der Waals surface area (Å²) in [5.41, 5.74) is 2.80. The zero-order chi connectivity index (χ0) is 20.5.